The Balaban J connectivity index is 1.90. The van der Waals surface area contributed by atoms with Crippen molar-refractivity contribution in [2.45, 2.75) is 19.8 Å². The fourth-order valence-electron chi connectivity index (χ4n) is 2.18. The van der Waals surface area contributed by atoms with E-state index in [1.54, 1.807) is 11.3 Å². The molecule has 1 aliphatic rings. The summed E-state index contributed by atoms with van der Waals surface area (Å²) in [4.78, 5) is 15.9. The van der Waals surface area contributed by atoms with Gasteiger partial charge in [0, 0.05) is 29.6 Å². The minimum atomic E-state index is 0.100. The van der Waals surface area contributed by atoms with Crippen molar-refractivity contribution < 1.29 is 4.79 Å². The van der Waals surface area contributed by atoms with E-state index in [2.05, 4.69) is 34.0 Å². The van der Waals surface area contributed by atoms with E-state index in [4.69, 9.17) is 0 Å². The molecule has 5 heteroatoms. The largest absolute Gasteiger partial charge is 0.362 e. The van der Waals surface area contributed by atoms with Crippen LogP contribution in [0.15, 0.2) is 23.6 Å². The second kappa shape index (κ2) is 5.01. The van der Waals surface area contributed by atoms with E-state index < -0.39 is 0 Å². The van der Waals surface area contributed by atoms with E-state index in [1.165, 1.54) is 5.56 Å². The van der Waals surface area contributed by atoms with Crippen molar-refractivity contribution in [3.05, 3.63) is 29.1 Å². The molecule has 0 radical (unpaired) electrons. The molecule has 1 aliphatic heterocycles. The quantitative estimate of drug-likeness (QED) is 0.903. The minimum Gasteiger partial charge on any atom is -0.362 e. The van der Waals surface area contributed by atoms with Gasteiger partial charge in [-0.05, 0) is 31.0 Å². The zero-order valence-electron chi connectivity index (χ0n) is 10.7. The SMILES string of the molecule is CCNc1nc(-c2ccc3c(c2)CCC(=O)N3)cs1. The summed E-state index contributed by atoms with van der Waals surface area (Å²) in [5.41, 5.74) is 4.22. The smallest absolute Gasteiger partial charge is 0.224 e. The number of rotatable bonds is 3. The number of aromatic nitrogens is 1. The predicted molar refractivity (Wildman–Crippen MR) is 78.7 cm³/mol. The van der Waals surface area contributed by atoms with Crippen molar-refractivity contribution in [3.8, 4) is 11.3 Å². The van der Waals surface area contributed by atoms with Crippen molar-refractivity contribution in [2.24, 2.45) is 0 Å². The summed E-state index contributed by atoms with van der Waals surface area (Å²) in [7, 11) is 0. The fraction of sp³-hybridized carbons (Fsp3) is 0.286. The number of amides is 1. The van der Waals surface area contributed by atoms with Crippen LogP contribution in [0.2, 0.25) is 0 Å². The molecule has 0 aliphatic carbocycles. The number of carbonyl (C=O) groups excluding carboxylic acids is 1. The zero-order valence-corrected chi connectivity index (χ0v) is 11.5. The molecular weight excluding hydrogens is 258 g/mol. The molecule has 0 saturated heterocycles. The molecule has 0 bridgehead atoms. The van der Waals surface area contributed by atoms with E-state index in [-0.39, 0.29) is 5.91 Å². The van der Waals surface area contributed by atoms with Gasteiger partial charge in [-0.2, -0.15) is 0 Å². The molecule has 0 fully saturated rings. The first-order valence-corrected chi connectivity index (χ1v) is 7.27. The van der Waals surface area contributed by atoms with Crippen molar-refractivity contribution in [1.82, 2.24) is 4.98 Å². The molecule has 2 N–H and O–H groups in total. The van der Waals surface area contributed by atoms with Gasteiger partial charge in [-0.1, -0.05) is 6.07 Å². The van der Waals surface area contributed by atoms with E-state index in [1.807, 2.05) is 12.1 Å². The van der Waals surface area contributed by atoms with Crippen LogP contribution >= 0.6 is 11.3 Å². The molecular formula is C14H15N3OS. The Morgan fingerprint density at radius 2 is 2.32 bits per heavy atom. The van der Waals surface area contributed by atoms with Gasteiger partial charge in [-0.15, -0.1) is 11.3 Å². The molecule has 19 heavy (non-hydrogen) atoms. The molecule has 4 nitrogen and oxygen atoms in total. The molecule has 1 amide bonds. The molecule has 0 saturated carbocycles. The second-order valence-electron chi connectivity index (χ2n) is 4.49. The number of benzene rings is 1. The van der Waals surface area contributed by atoms with Crippen LogP contribution in [-0.2, 0) is 11.2 Å². The maximum absolute atomic E-state index is 11.3. The highest BCUT2D eigenvalue weighted by atomic mass is 32.1. The first kappa shape index (κ1) is 12.2. The summed E-state index contributed by atoms with van der Waals surface area (Å²) < 4.78 is 0. The number of hydrogen-bond acceptors (Lipinski definition) is 4. The minimum absolute atomic E-state index is 0.100. The van der Waals surface area contributed by atoms with E-state index in [0.29, 0.717) is 6.42 Å². The lowest BCUT2D eigenvalue weighted by Crippen LogP contribution is -2.18. The number of anilines is 2. The maximum atomic E-state index is 11.3. The number of nitrogens with one attached hydrogen (secondary N) is 2. The highest BCUT2D eigenvalue weighted by molar-refractivity contribution is 7.14. The third-order valence-corrected chi connectivity index (χ3v) is 3.93. The molecule has 3 rings (SSSR count). The number of thiazole rings is 1. The van der Waals surface area contributed by atoms with Crippen LogP contribution in [0.25, 0.3) is 11.3 Å². The Morgan fingerprint density at radius 3 is 3.16 bits per heavy atom. The van der Waals surface area contributed by atoms with Crippen molar-refractivity contribution >= 4 is 28.1 Å². The number of hydrogen-bond donors (Lipinski definition) is 2. The summed E-state index contributed by atoms with van der Waals surface area (Å²) in [6.07, 6.45) is 1.37. The summed E-state index contributed by atoms with van der Waals surface area (Å²) in [5.74, 6) is 0.100. The average molecular weight is 273 g/mol. The summed E-state index contributed by atoms with van der Waals surface area (Å²) >= 11 is 1.61. The van der Waals surface area contributed by atoms with Gasteiger partial charge >= 0.3 is 0 Å². The van der Waals surface area contributed by atoms with Crippen LogP contribution in [-0.4, -0.2) is 17.4 Å². The van der Waals surface area contributed by atoms with Gasteiger partial charge in [0.2, 0.25) is 5.91 Å². The molecule has 98 valence electrons. The number of aryl methyl sites for hydroxylation is 1. The van der Waals surface area contributed by atoms with Crippen LogP contribution in [0.1, 0.15) is 18.9 Å². The van der Waals surface area contributed by atoms with Gasteiger partial charge in [-0.25, -0.2) is 4.98 Å². The topological polar surface area (TPSA) is 54.0 Å². The maximum Gasteiger partial charge on any atom is 0.224 e. The second-order valence-corrected chi connectivity index (χ2v) is 5.35. The zero-order chi connectivity index (χ0) is 13.2. The lowest BCUT2D eigenvalue weighted by atomic mass is 9.99. The summed E-state index contributed by atoms with van der Waals surface area (Å²) in [6, 6.07) is 6.10. The molecule has 2 heterocycles. The Bertz CT molecular complexity index is 621. The molecule has 0 spiro atoms. The lowest BCUT2D eigenvalue weighted by Gasteiger charge is -2.17. The lowest BCUT2D eigenvalue weighted by molar-refractivity contribution is -0.116. The molecule has 2 aromatic rings. The van der Waals surface area contributed by atoms with Gasteiger partial charge in [0.25, 0.3) is 0 Å². The normalized spacial score (nSPS) is 13.8. The Morgan fingerprint density at radius 1 is 1.42 bits per heavy atom. The number of carbonyl (C=O) groups is 1. The highest BCUT2D eigenvalue weighted by Gasteiger charge is 2.15. The molecule has 1 aromatic heterocycles. The van der Waals surface area contributed by atoms with Crippen LogP contribution in [0.4, 0.5) is 10.8 Å². The van der Waals surface area contributed by atoms with Gasteiger partial charge in [0.15, 0.2) is 5.13 Å². The van der Waals surface area contributed by atoms with E-state index >= 15 is 0 Å². The highest BCUT2D eigenvalue weighted by Crippen LogP contribution is 2.30. The van der Waals surface area contributed by atoms with Gasteiger partial charge in [-0.3, -0.25) is 4.79 Å². The Labute approximate surface area is 115 Å². The van der Waals surface area contributed by atoms with E-state index in [9.17, 15) is 4.79 Å². The van der Waals surface area contributed by atoms with Crippen LogP contribution in [0, 0.1) is 0 Å². The first-order chi connectivity index (χ1) is 9.26. The predicted octanol–water partition coefficient (Wildman–Crippen LogP) is 3.13. The number of nitrogens with zero attached hydrogens (tertiary/aromatic N) is 1. The molecule has 0 unspecified atom stereocenters. The fourth-order valence-corrected chi connectivity index (χ4v) is 2.97. The van der Waals surface area contributed by atoms with Crippen molar-refractivity contribution in [1.29, 1.82) is 0 Å². The first-order valence-electron chi connectivity index (χ1n) is 6.39. The average Bonchev–Trinajstić information content (AvgIpc) is 2.87. The Kier molecular flexibility index (Phi) is 3.21. The van der Waals surface area contributed by atoms with E-state index in [0.717, 1.165) is 35.0 Å². The van der Waals surface area contributed by atoms with Gasteiger partial charge < -0.3 is 10.6 Å². The van der Waals surface area contributed by atoms with Crippen molar-refractivity contribution in [2.75, 3.05) is 17.2 Å². The van der Waals surface area contributed by atoms with Crippen LogP contribution in [0.5, 0.6) is 0 Å². The standard InChI is InChI=1S/C14H15N3OS/c1-2-15-14-17-12(8-19-14)10-3-5-11-9(7-10)4-6-13(18)16-11/h3,5,7-8H,2,4,6H2,1H3,(H,15,17)(H,16,18). The molecule has 1 aromatic carbocycles. The van der Waals surface area contributed by atoms with Crippen molar-refractivity contribution in [3.63, 3.8) is 0 Å². The van der Waals surface area contributed by atoms with Gasteiger partial charge in [0.1, 0.15) is 0 Å². The third-order valence-electron chi connectivity index (χ3n) is 3.13. The van der Waals surface area contributed by atoms with Crippen LogP contribution < -0.4 is 10.6 Å². The monoisotopic (exact) mass is 273 g/mol. The number of fused-ring (bicyclic) bond motifs is 1. The summed E-state index contributed by atoms with van der Waals surface area (Å²) in [5, 5.41) is 9.12. The summed E-state index contributed by atoms with van der Waals surface area (Å²) in [6.45, 7) is 2.94. The van der Waals surface area contributed by atoms with Gasteiger partial charge in [0.05, 0.1) is 5.69 Å². The van der Waals surface area contributed by atoms with Crippen LogP contribution in [0.3, 0.4) is 0 Å². The molecule has 0 atom stereocenters. The third kappa shape index (κ3) is 2.46. The Hall–Kier alpha value is -1.88.